The number of rotatable bonds is 5. The minimum atomic E-state index is -0.582. The highest BCUT2D eigenvalue weighted by atomic mass is 35.5. The summed E-state index contributed by atoms with van der Waals surface area (Å²) in [4.78, 5) is 10.5. The van der Waals surface area contributed by atoms with E-state index >= 15 is 0 Å². The van der Waals surface area contributed by atoms with Crippen molar-refractivity contribution >= 4 is 17.3 Å². The van der Waals surface area contributed by atoms with E-state index in [1.807, 2.05) is 0 Å². The van der Waals surface area contributed by atoms with Crippen LogP contribution in [0.25, 0.3) is 0 Å². The van der Waals surface area contributed by atoms with Crippen LogP contribution in [0.4, 0.5) is 10.1 Å². The van der Waals surface area contributed by atoms with Crippen molar-refractivity contribution in [3.63, 3.8) is 0 Å². The molecule has 5 nitrogen and oxygen atoms in total. The second-order valence-corrected chi connectivity index (χ2v) is 4.35. The zero-order valence-electron chi connectivity index (χ0n) is 11.0. The van der Waals surface area contributed by atoms with Gasteiger partial charge in [-0.25, -0.2) is 4.39 Å². The smallest absolute Gasteiger partial charge is 0.315 e. The molecule has 0 aliphatic carbocycles. The fourth-order valence-electron chi connectivity index (χ4n) is 1.72. The van der Waals surface area contributed by atoms with Gasteiger partial charge in [0.1, 0.15) is 17.3 Å². The molecule has 0 saturated heterocycles. The van der Waals surface area contributed by atoms with Crippen LogP contribution < -0.4 is 9.47 Å². The van der Waals surface area contributed by atoms with Gasteiger partial charge < -0.3 is 9.47 Å². The van der Waals surface area contributed by atoms with Crippen LogP contribution >= 0.6 is 11.6 Å². The Morgan fingerprint density at radius 2 is 1.95 bits per heavy atom. The van der Waals surface area contributed by atoms with E-state index in [-0.39, 0.29) is 23.1 Å². The van der Waals surface area contributed by atoms with Crippen molar-refractivity contribution in [2.75, 3.05) is 7.11 Å². The summed E-state index contributed by atoms with van der Waals surface area (Å²) in [6.45, 7) is 0. The van der Waals surface area contributed by atoms with E-state index < -0.39 is 10.7 Å². The monoisotopic (exact) mass is 311 g/mol. The molecule has 2 rings (SSSR count). The average Bonchev–Trinajstić information content (AvgIpc) is 2.49. The number of ether oxygens (including phenoxy) is 2. The number of hydrogen-bond acceptors (Lipinski definition) is 4. The third kappa shape index (κ3) is 3.41. The standard InChI is InChI=1S/C14H11ClFNO4/c1-20-11-3-5-14(12(7-11)17(18)19)21-13-4-2-10(16)6-9(13)8-15/h2-7H,8H2,1H3. The third-order valence-electron chi connectivity index (χ3n) is 2.75. The molecular weight excluding hydrogens is 301 g/mol. The molecule has 110 valence electrons. The lowest BCUT2D eigenvalue weighted by Gasteiger charge is -2.10. The topological polar surface area (TPSA) is 61.6 Å². The van der Waals surface area contributed by atoms with Crippen LogP contribution in [0.2, 0.25) is 0 Å². The van der Waals surface area contributed by atoms with E-state index in [4.69, 9.17) is 21.1 Å². The molecule has 0 radical (unpaired) electrons. The Morgan fingerprint density at radius 3 is 2.57 bits per heavy atom. The van der Waals surface area contributed by atoms with Gasteiger partial charge in [-0.2, -0.15) is 0 Å². The van der Waals surface area contributed by atoms with E-state index in [0.29, 0.717) is 11.3 Å². The summed E-state index contributed by atoms with van der Waals surface area (Å²) in [5, 5.41) is 11.1. The van der Waals surface area contributed by atoms with Crippen LogP contribution in [0.5, 0.6) is 17.2 Å². The third-order valence-corrected chi connectivity index (χ3v) is 3.04. The zero-order chi connectivity index (χ0) is 15.4. The van der Waals surface area contributed by atoms with Crippen LogP contribution in [0.3, 0.4) is 0 Å². The second kappa shape index (κ2) is 6.41. The van der Waals surface area contributed by atoms with Crippen LogP contribution in [0.15, 0.2) is 36.4 Å². The van der Waals surface area contributed by atoms with Gasteiger partial charge in [0.15, 0.2) is 0 Å². The van der Waals surface area contributed by atoms with Gasteiger partial charge in [0.2, 0.25) is 5.75 Å². The molecule has 21 heavy (non-hydrogen) atoms. The molecule has 0 N–H and O–H groups in total. The Bertz CT molecular complexity index is 678. The maximum atomic E-state index is 13.1. The summed E-state index contributed by atoms with van der Waals surface area (Å²) in [6.07, 6.45) is 0. The number of nitrogens with zero attached hydrogens (tertiary/aromatic N) is 1. The maximum Gasteiger partial charge on any atom is 0.315 e. The zero-order valence-corrected chi connectivity index (χ0v) is 11.8. The van der Waals surface area contributed by atoms with Gasteiger partial charge in [-0.15, -0.1) is 11.6 Å². The van der Waals surface area contributed by atoms with Crippen molar-refractivity contribution in [1.82, 2.24) is 0 Å². The first-order valence-electron chi connectivity index (χ1n) is 5.90. The molecule has 0 unspecified atom stereocenters. The Hall–Kier alpha value is -2.34. The van der Waals surface area contributed by atoms with Gasteiger partial charge in [0.25, 0.3) is 0 Å². The van der Waals surface area contributed by atoms with Crippen molar-refractivity contribution in [3.8, 4) is 17.2 Å². The highest BCUT2D eigenvalue weighted by Gasteiger charge is 2.18. The lowest BCUT2D eigenvalue weighted by atomic mass is 10.2. The number of hydrogen-bond donors (Lipinski definition) is 0. The van der Waals surface area contributed by atoms with Crippen molar-refractivity contribution in [1.29, 1.82) is 0 Å². The van der Waals surface area contributed by atoms with Crippen molar-refractivity contribution in [2.45, 2.75) is 5.88 Å². The van der Waals surface area contributed by atoms with Gasteiger partial charge >= 0.3 is 5.69 Å². The number of benzene rings is 2. The first kappa shape index (κ1) is 15.1. The summed E-state index contributed by atoms with van der Waals surface area (Å²) in [5.41, 5.74) is 0.154. The molecular formula is C14H11ClFNO4. The van der Waals surface area contributed by atoms with Crippen molar-refractivity contribution in [2.24, 2.45) is 0 Å². The van der Waals surface area contributed by atoms with Crippen LogP contribution in [0, 0.1) is 15.9 Å². The molecule has 2 aromatic rings. The first-order chi connectivity index (χ1) is 10.0. The predicted molar refractivity (Wildman–Crippen MR) is 75.7 cm³/mol. The van der Waals surface area contributed by atoms with Gasteiger partial charge in [0.05, 0.1) is 24.0 Å². The fraction of sp³-hybridized carbons (Fsp3) is 0.143. The predicted octanol–water partition coefficient (Wildman–Crippen LogP) is 4.27. The van der Waals surface area contributed by atoms with Crippen molar-refractivity contribution < 1.29 is 18.8 Å². The van der Waals surface area contributed by atoms with Gasteiger partial charge in [-0.1, -0.05) is 0 Å². The molecule has 0 fully saturated rings. The van der Waals surface area contributed by atoms with E-state index in [1.165, 1.54) is 43.5 Å². The molecule has 0 spiro atoms. The normalized spacial score (nSPS) is 10.2. The molecule has 0 aliphatic heterocycles. The largest absolute Gasteiger partial charge is 0.496 e. The quantitative estimate of drug-likeness (QED) is 0.470. The minimum Gasteiger partial charge on any atom is -0.496 e. The molecule has 0 heterocycles. The number of methoxy groups -OCH3 is 1. The lowest BCUT2D eigenvalue weighted by Crippen LogP contribution is -1.96. The summed E-state index contributed by atoms with van der Waals surface area (Å²) < 4.78 is 23.6. The Balaban J connectivity index is 2.42. The van der Waals surface area contributed by atoms with Crippen molar-refractivity contribution in [3.05, 3.63) is 57.9 Å². The highest BCUT2D eigenvalue weighted by Crippen LogP contribution is 2.36. The van der Waals surface area contributed by atoms with Gasteiger partial charge in [0, 0.05) is 5.56 Å². The molecule has 0 atom stereocenters. The van der Waals surface area contributed by atoms with E-state index in [0.717, 1.165) is 0 Å². The number of halogens is 2. The lowest BCUT2D eigenvalue weighted by molar-refractivity contribution is -0.385. The van der Waals surface area contributed by atoms with Gasteiger partial charge in [-0.3, -0.25) is 10.1 Å². The Labute approximate surface area is 125 Å². The SMILES string of the molecule is COc1ccc(Oc2ccc(F)cc2CCl)c([N+](=O)[O-])c1. The first-order valence-corrected chi connectivity index (χ1v) is 6.43. The Morgan fingerprint density at radius 1 is 1.24 bits per heavy atom. The minimum absolute atomic E-state index is 0.0248. The number of nitro groups is 1. The Kier molecular flexibility index (Phi) is 4.59. The molecule has 0 aliphatic rings. The number of alkyl halides is 1. The van der Waals surface area contributed by atoms with E-state index in [2.05, 4.69) is 0 Å². The summed E-state index contributed by atoms with van der Waals surface area (Å²) in [6, 6.07) is 7.99. The molecule has 2 aromatic carbocycles. The van der Waals surface area contributed by atoms with Crippen LogP contribution in [-0.4, -0.2) is 12.0 Å². The molecule has 7 heteroatoms. The highest BCUT2D eigenvalue weighted by molar-refractivity contribution is 6.17. The fourth-order valence-corrected chi connectivity index (χ4v) is 1.93. The summed E-state index contributed by atoms with van der Waals surface area (Å²) in [5.74, 6) is 0.197. The van der Waals surface area contributed by atoms with Gasteiger partial charge in [-0.05, 0) is 30.3 Å². The van der Waals surface area contributed by atoms with Crippen LogP contribution in [0.1, 0.15) is 5.56 Å². The maximum absolute atomic E-state index is 13.1. The van der Waals surface area contributed by atoms with E-state index in [9.17, 15) is 14.5 Å². The summed E-state index contributed by atoms with van der Waals surface area (Å²) >= 11 is 5.72. The molecule has 0 amide bonds. The second-order valence-electron chi connectivity index (χ2n) is 4.08. The molecule has 0 saturated carbocycles. The van der Waals surface area contributed by atoms with Crippen LogP contribution in [-0.2, 0) is 5.88 Å². The molecule has 0 aromatic heterocycles. The number of nitro benzene ring substituents is 1. The van der Waals surface area contributed by atoms with E-state index in [1.54, 1.807) is 0 Å². The molecule has 0 bridgehead atoms. The summed E-state index contributed by atoms with van der Waals surface area (Å²) in [7, 11) is 1.41. The average molecular weight is 312 g/mol.